The van der Waals surface area contributed by atoms with Crippen molar-refractivity contribution in [2.24, 2.45) is 0 Å². The number of fused-ring (bicyclic) bond motifs is 1. The van der Waals surface area contributed by atoms with Crippen molar-refractivity contribution in [3.05, 3.63) is 42.5 Å². The van der Waals surface area contributed by atoms with Crippen molar-refractivity contribution in [1.29, 1.82) is 0 Å². The van der Waals surface area contributed by atoms with Crippen LogP contribution in [0.1, 0.15) is 5.69 Å². The Morgan fingerprint density at radius 1 is 1.24 bits per heavy atom. The highest BCUT2D eigenvalue weighted by molar-refractivity contribution is 5.77. The van der Waals surface area contributed by atoms with Gasteiger partial charge in [-0.15, -0.1) is 0 Å². The lowest BCUT2D eigenvalue weighted by Gasteiger charge is -2.01. The number of aromatic hydroxyl groups is 1. The highest BCUT2D eigenvalue weighted by atomic mass is 16.3. The van der Waals surface area contributed by atoms with Crippen molar-refractivity contribution >= 4 is 5.65 Å². The van der Waals surface area contributed by atoms with Crippen molar-refractivity contribution in [1.82, 2.24) is 19.6 Å². The molecule has 0 bridgehead atoms. The second kappa shape index (κ2) is 3.55. The van der Waals surface area contributed by atoms with Crippen LogP contribution in [0.3, 0.4) is 0 Å². The Labute approximate surface area is 97.4 Å². The molecule has 0 radical (unpaired) electrons. The number of aromatic nitrogens is 4. The second-order valence-corrected chi connectivity index (χ2v) is 3.79. The number of hydrogen-bond donors (Lipinski definition) is 1. The van der Waals surface area contributed by atoms with Crippen LogP contribution in [0.2, 0.25) is 0 Å². The minimum Gasteiger partial charge on any atom is -0.493 e. The van der Waals surface area contributed by atoms with Crippen LogP contribution in [0.15, 0.2) is 36.8 Å². The quantitative estimate of drug-likeness (QED) is 0.687. The zero-order valence-corrected chi connectivity index (χ0v) is 9.20. The summed E-state index contributed by atoms with van der Waals surface area (Å²) in [5.41, 5.74) is 3.26. The number of pyridine rings is 1. The third-order valence-corrected chi connectivity index (χ3v) is 2.57. The predicted octanol–water partition coefficient (Wildman–Crippen LogP) is 1.81. The van der Waals surface area contributed by atoms with Crippen LogP contribution in [-0.4, -0.2) is 24.7 Å². The highest BCUT2D eigenvalue weighted by Crippen LogP contribution is 2.25. The van der Waals surface area contributed by atoms with E-state index in [1.807, 2.05) is 19.1 Å². The van der Waals surface area contributed by atoms with Gasteiger partial charge in [-0.25, -0.2) is 4.98 Å². The molecule has 0 amide bonds. The van der Waals surface area contributed by atoms with Gasteiger partial charge in [0.05, 0.1) is 6.20 Å². The summed E-state index contributed by atoms with van der Waals surface area (Å²) < 4.78 is 1.42. The second-order valence-electron chi connectivity index (χ2n) is 3.79. The molecule has 3 aromatic rings. The molecular formula is C12H10N4O. The zero-order valence-electron chi connectivity index (χ0n) is 9.20. The summed E-state index contributed by atoms with van der Waals surface area (Å²) in [6.07, 6.45) is 5.12. The van der Waals surface area contributed by atoms with E-state index in [-0.39, 0.29) is 5.88 Å². The van der Waals surface area contributed by atoms with Crippen LogP contribution in [0.4, 0.5) is 0 Å². The van der Waals surface area contributed by atoms with Gasteiger partial charge in [0.25, 0.3) is 0 Å². The molecule has 84 valence electrons. The van der Waals surface area contributed by atoms with Crippen molar-refractivity contribution in [2.45, 2.75) is 6.92 Å². The van der Waals surface area contributed by atoms with Crippen LogP contribution in [0, 0.1) is 6.92 Å². The average molecular weight is 226 g/mol. The average Bonchev–Trinajstić information content (AvgIpc) is 2.74. The molecular weight excluding hydrogens is 216 g/mol. The summed E-state index contributed by atoms with van der Waals surface area (Å²) in [6, 6.07) is 5.35. The fraction of sp³-hybridized carbons (Fsp3) is 0.0833. The molecule has 0 aliphatic heterocycles. The number of nitrogens with zero attached hydrogens (tertiary/aromatic N) is 4. The van der Waals surface area contributed by atoms with E-state index in [4.69, 9.17) is 0 Å². The molecule has 0 aliphatic carbocycles. The standard InChI is InChI=1S/C12H10N4O/c1-8-6-11(17)16-12(15-8)10(7-14-16)9-2-4-13-5-3-9/h2-7,17H,1H3. The summed E-state index contributed by atoms with van der Waals surface area (Å²) >= 11 is 0. The van der Waals surface area contributed by atoms with Crippen molar-refractivity contribution < 1.29 is 5.11 Å². The lowest BCUT2D eigenvalue weighted by atomic mass is 10.1. The smallest absolute Gasteiger partial charge is 0.215 e. The van der Waals surface area contributed by atoms with Gasteiger partial charge in [-0.3, -0.25) is 4.98 Å². The monoisotopic (exact) mass is 226 g/mol. The summed E-state index contributed by atoms with van der Waals surface area (Å²) in [6.45, 7) is 1.84. The maximum Gasteiger partial charge on any atom is 0.215 e. The Morgan fingerprint density at radius 2 is 2.00 bits per heavy atom. The van der Waals surface area contributed by atoms with Crippen molar-refractivity contribution in [3.63, 3.8) is 0 Å². The number of rotatable bonds is 1. The van der Waals surface area contributed by atoms with Crippen LogP contribution in [0.5, 0.6) is 5.88 Å². The summed E-state index contributed by atoms with van der Waals surface area (Å²) in [7, 11) is 0. The minimum absolute atomic E-state index is 0.0906. The molecule has 0 saturated heterocycles. The molecule has 17 heavy (non-hydrogen) atoms. The first-order valence-corrected chi connectivity index (χ1v) is 5.20. The maximum absolute atomic E-state index is 9.76. The lowest BCUT2D eigenvalue weighted by Crippen LogP contribution is -1.93. The van der Waals surface area contributed by atoms with Gasteiger partial charge in [0, 0.05) is 29.7 Å². The van der Waals surface area contributed by atoms with Crippen molar-refractivity contribution in [2.75, 3.05) is 0 Å². The van der Waals surface area contributed by atoms with Gasteiger partial charge in [-0.05, 0) is 24.6 Å². The Bertz CT molecular complexity index is 676. The van der Waals surface area contributed by atoms with Gasteiger partial charge >= 0.3 is 0 Å². The van der Waals surface area contributed by atoms with E-state index in [9.17, 15) is 5.11 Å². The SMILES string of the molecule is Cc1cc(O)n2ncc(-c3ccncc3)c2n1. The maximum atomic E-state index is 9.76. The fourth-order valence-electron chi connectivity index (χ4n) is 1.80. The van der Waals surface area contributed by atoms with E-state index in [1.165, 1.54) is 4.52 Å². The Balaban J connectivity index is 2.32. The molecule has 0 unspecified atom stereocenters. The van der Waals surface area contributed by atoms with E-state index in [0.717, 1.165) is 16.8 Å². The molecule has 5 nitrogen and oxygen atoms in total. The first kappa shape index (κ1) is 9.77. The van der Waals surface area contributed by atoms with Gasteiger partial charge in [0.15, 0.2) is 5.65 Å². The van der Waals surface area contributed by atoms with Crippen LogP contribution in [0.25, 0.3) is 16.8 Å². The van der Waals surface area contributed by atoms with E-state index in [0.29, 0.717) is 5.65 Å². The fourth-order valence-corrected chi connectivity index (χ4v) is 1.80. The Hall–Kier alpha value is -2.43. The Morgan fingerprint density at radius 3 is 2.76 bits per heavy atom. The third-order valence-electron chi connectivity index (χ3n) is 2.57. The molecule has 0 saturated carbocycles. The van der Waals surface area contributed by atoms with E-state index < -0.39 is 0 Å². The highest BCUT2D eigenvalue weighted by Gasteiger charge is 2.10. The topological polar surface area (TPSA) is 63.3 Å². The van der Waals surface area contributed by atoms with Crippen LogP contribution >= 0.6 is 0 Å². The predicted molar refractivity (Wildman–Crippen MR) is 62.6 cm³/mol. The number of aryl methyl sites for hydroxylation is 1. The molecule has 3 rings (SSSR count). The van der Waals surface area contributed by atoms with Crippen LogP contribution in [-0.2, 0) is 0 Å². The van der Waals surface area contributed by atoms with Gasteiger partial charge in [0.1, 0.15) is 0 Å². The van der Waals surface area contributed by atoms with E-state index >= 15 is 0 Å². The van der Waals surface area contributed by atoms with Gasteiger partial charge in [0.2, 0.25) is 5.88 Å². The lowest BCUT2D eigenvalue weighted by molar-refractivity contribution is 0.434. The molecule has 3 aromatic heterocycles. The Kier molecular flexibility index (Phi) is 2.04. The molecule has 5 heteroatoms. The van der Waals surface area contributed by atoms with E-state index in [2.05, 4.69) is 15.1 Å². The molecule has 1 N–H and O–H groups in total. The largest absolute Gasteiger partial charge is 0.493 e. The minimum atomic E-state index is 0.0906. The molecule has 0 atom stereocenters. The number of hydrogen-bond acceptors (Lipinski definition) is 4. The summed E-state index contributed by atoms with van der Waals surface area (Å²) in [4.78, 5) is 8.37. The van der Waals surface area contributed by atoms with E-state index in [1.54, 1.807) is 24.7 Å². The summed E-state index contributed by atoms with van der Waals surface area (Å²) in [5.74, 6) is 0.0906. The first-order valence-electron chi connectivity index (χ1n) is 5.20. The zero-order chi connectivity index (χ0) is 11.8. The first-order chi connectivity index (χ1) is 8.25. The van der Waals surface area contributed by atoms with Crippen molar-refractivity contribution in [3.8, 4) is 17.0 Å². The molecule has 0 aromatic carbocycles. The molecule has 3 heterocycles. The molecule has 0 aliphatic rings. The molecule has 0 spiro atoms. The van der Waals surface area contributed by atoms with Gasteiger partial charge in [-0.2, -0.15) is 9.61 Å². The summed E-state index contributed by atoms with van der Waals surface area (Å²) in [5, 5.41) is 13.9. The van der Waals surface area contributed by atoms with Gasteiger partial charge in [-0.1, -0.05) is 0 Å². The normalized spacial score (nSPS) is 10.9. The van der Waals surface area contributed by atoms with Crippen LogP contribution < -0.4 is 0 Å². The van der Waals surface area contributed by atoms with Gasteiger partial charge < -0.3 is 5.11 Å². The molecule has 0 fully saturated rings. The third kappa shape index (κ3) is 1.52.